The lowest BCUT2D eigenvalue weighted by Crippen LogP contribution is -2.46. The van der Waals surface area contributed by atoms with Crippen LogP contribution in [0.15, 0.2) is 106 Å². The number of aromatic nitrogens is 1. The SMILES string of the molecule is NS(=O)(=O)c1ccc(CCN(C(=O)c2ccccc2F)C2CC(=O)N(c3ccc(-c4nc5ccccc5o4)cc3)C2=O)cc1. The molecule has 6 rings (SSSR count). The Labute approximate surface area is 251 Å². The summed E-state index contributed by atoms with van der Waals surface area (Å²) in [6.45, 7) is -0.0456. The van der Waals surface area contributed by atoms with Gasteiger partial charge < -0.3 is 9.32 Å². The van der Waals surface area contributed by atoms with Gasteiger partial charge in [-0.15, -0.1) is 0 Å². The number of oxazole rings is 1. The minimum atomic E-state index is -3.89. The molecule has 1 unspecified atom stereocenters. The fourth-order valence-corrected chi connectivity index (χ4v) is 5.68. The Bertz CT molecular complexity index is 1980. The number of rotatable bonds is 8. The summed E-state index contributed by atoms with van der Waals surface area (Å²) in [6, 6.07) is 23.8. The van der Waals surface area contributed by atoms with Crippen molar-refractivity contribution in [2.24, 2.45) is 5.14 Å². The monoisotopic (exact) mass is 612 g/mol. The highest BCUT2D eigenvalue weighted by atomic mass is 32.2. The maximum Gasteiger partial charge on any atom is 0.257 e. The zero-order chi connectivity index (χ0) is 31.0. The molecule has 0 spiro atoms. The second-order valence-corrected chi connectivity index (χ2v) is 11.8. The lowest BCUT2D eigenvalue weighted by atomic mass is 10.1. The number of nitrogens with two attached hydrogens (primary N) is 1. The van der Waals surface area contributed by atoms with Crippen molar-refractivity contribution >= 4 is 44.5 Å². The number of fused-ring (bicyclic) bond motifs is 1. The topological polar surface area (TPSA) is 144 Å². The molecule has 12 heteroatoms. The third-order valence-electron chi connectivity index (χ3n) is 7.42. The van der Waals surface area contributed by atoms with Gasteiger partial charge in [0.25, 0.3) is 11.8 Å². The molecule has 10 nitrogen and oxygen atoms in total. The molecule has 1 fully saturated rings. The van der Waals surface area contributed by atoms with Crippen LogP contribution in [0.2, 0.25) is 0 Å². The predicted molar refractivity (Wildman–Crippen MR) is 159 cm³/mol. The van der Waals surface area contributed by atoms with E-state index in [0.29, 0.717) is 33.8 Å². The minimum Gasteiger partial charge on any atom is -0.436 e. The Morgan fingerprint density at radius 3 is 2.32 bits per heavy atom. The molecule has 0 bridgehead atoms. The summed E-state index contributed by atoms with van der Waals surface area (Å²) in [4.78, 5) is 47.1. The van der Waals surface area contributed by atoms with Gasteiger partial charge in [0, 0.05) is 12.1 Å². The maximum absolute atomic E-state index is 14.7. The molecule has 1 saturated heterocycles. The van der Waals surface area contributed by atoms with Crippen LogP contribution < -0.4 is 10.0 Å². The Morgan fingerprint density at radius 2 is 1.64 bits per heavy atom. The van der Waals surface area contributed by atoms with E-state index in [4.69, 9.17) is 9.56 Å². The first-order valence-electron chi connectivity index (χ1n) is 13.6. The van der Waals surface area contributed by atoms with Crippen LogP contribution in [0.3, 0.4) is 0 Å². The molecule has 2 N–H and O–H groups in total. The zero-order valence-corrected chi connectivity index (χ0v) is 23.9. The van der Waals surface area contributed by atoms with E-state index in [1.54, 1.807) is 30.3 Å². The lowest BCUT2D eigenvalue weighted by molar-refractivity contribution is -0.122. The number of hydrogen-bond acceptors (Lipinski definition) is 7. The quantitative estimate of drug-likeness (QED) is 0.257. The number of carbonyl (C=O) groups excluding carboxylic acids is 3. The predicted octanol–water partition coefficient (Wildman–Crippen LogP) is 4.30. The number of imide groups is 1. The standard InChI is InChI=1S/C32H25FN4O6S/c33-25-6-2-1-5-24(25)31(39)36(18-17-20-9-15-23(16-10-20)44(34,41)42)27-19-29(38)37(32(27)40)22-13-11-21(12-14-22)30-35-26-7-3-4-8-28(26)43-30/h1-16,27H,17-19H2,(H2,34,41,42). The van der Waals surface area contributed by atoms with E-state index in [2.05, 4.69) is 4.98 Å². The number of amides is 3. The Kier molecular flexibility index (Phi) is 7.53. The summed E-state index contributed by atoms with van der Waals surface area (Å²) in [5.41, 5.74) is 2.67. The smallest absolute Gasteiger partial charge is 0.257 e. The van der Waals surface area contributed by atoms with Crippen molar-refractivity contribution in [2.45, 2.75) is 23.8 Å². The molecule has 0 aliphatic carbocycles. The van der Waals surface area contributed by atoms with E-state index in [-0.39, 0.29) is 29.8 Å². The highest BCUT2D eigenvalue weighted by Crippen LogP contribution is 2.30. The van der Waals surface area contributed by atoms with E-state index in [1.165, 1.54) is 47.4 Å². The van der Waals surface area contributed by atoms with Gasteiger partial charge in [-0.3, -0.25) is 14.4 Å². The highest BCUT2D eigenvalue weighted by molar-refractivity contribution is 7.89. The number of hydrogen-bond donors (Lipinski definition) is 1. The van der Waals surface area contributed by atoms with Crippen molar-refractivity contribution in [3.05, 3.63) is 114 Å². The molecular formula is C32H25FN4O6S. The highest BCUT2D eigenvalue weighted by Gasteiger charge is 2.44. The van der Waals surface area contributed by atoms with Crippen LogP contribution in [0.5, 0.6) is 0 Å². The normalized spacial score (nSPS) is 15.2. The molecule has 0 saturated carbocycles. The van der Waals surface area contributed by atoms with Gasteiger partial charge in [0.1, 0.15) is 17.4 Å². The van der Waals surface area contributed by atoms with Gasteiger partial charge in [0.15, 0.2) is 5.58 Å². The number of carbonyl (C=O) groups is 3. The zero-order valence-electron chi connectivity index (χ0n) is 23.1. The van der Waals surface area contributed by atoms with Crippen molar-refractivity contribution in [1.29, 1.82) is 0 Å². The Hall–Kier alpha value is -5.20. The molecule has 3 amide bonds. The molecule has 1 aromatic heterocycles. The number of benzene rings is 4. The number of anilines is 1. The van der Waals surface area contributed by atoms with Crippen LogP contribution in [-0.2, 0) is 26.0 Å². The summed E-state index contributed by atoms with van der Waals surface area (Å²) in [7, 11) is -3.89. The van der Waals surface area contributed by atoms with E-state index in [9.17, 15) is 27.2 Å². The van der Waals surface area contributed by atoms with Gasteiger partial charge in [-0.25, -0.2) is 27.8 Å². The van der Waals surface area contributed by atoms with Crippen molar-refractivity contribution in [3.63, 3.8) is 0 Å². The van der Waals surface area contributed by atoms with Crippen molar-refractivity contribution in [3.8, 4) is 11.5 Å². The van der Waals surface area contributed by atoms with E-state index in [0.717, 1.165) is 11.0 Å². The molecule has 5 aromatic rings. The van der Waals surface area contributed by atoms with Crippen LogP contribution in [0.4, 0.5) is 10.1 Å². The fourth-order valence-electron chi connectivity index (χ4n) is 5.16. The number of nitrogens with zero attached hydrogens (tertiary/aromatic N) is 3. The van der Waals surface area contributed by atoms with Crippen molar-refractivity contribution in [1.82, 2.24) is 9.88 Å². The van der Waals surface area contributed by atoms with Crippen molar-refractivity contribution in [2.75, 3.05) is 11.4 Å². The number of halogens is 1. The average Bonchev–Trinajstić information content (AvgIpc) is 3.57. The molecule has 0 radical (unpaired) electrons. The summed E-state index contributed by atoms with van der Waals surface area (Å²) in [5.74, 6) is -2.27. The van der Waals surface area contributed by atoms with Crippen LogP contribution >= 0.6 is 0 Å². The van der Waals surface area contributed by atoms with E-state index in [1.807, 2.05) is 18.2 Å². The van der Waals surface area contributed by atoms with Gasteiger partial charge >= 0.3 is 0 Å². The summed E-state index contributed by atoms with van der Waals surface area (Å²) >= 11 is 0. The van der Waals surface area contributed by atoms with Crippen LogP contribution in [-0.4, -0.2) is 48.6 Å². The summed E-state index contributed by atoms with van der Waals surface area (Å²) in [6.07, 6.45) is -0.0987. The Balaban J connectivity index is 1.26. The van der Waals surface area contributed by atoms with Crippen molar-refractivity contribution < 1.29 is 31.6 Å². The first-order valence-corrected chi connectivity index (χ1v) is 15.1. The third-order valence-corrected chi connectivity index (χ3v) is 8.35. The second kappa shape index (κ2) is 11.5. The first-order chi connectivity index (χ1) is 21.1. The molecule has 1 aliphatic heterocycles. The summed E-state index contributed by atoms with van der Waals surface area (Å²) in [5, 5.41) is 5.18. The minimum absolute atomic E-state index is 0.0456. The van der Waals surface area contributed by atoms with Gasteiger partial charge in [0.2, 0.25) is 21.8 Å². The van der Waals surface area contributed by atoms with Crippen LogP contribution in [0, 0.1) is 5.82 Å². The second-order valence-electron chi connectivity index (χ2n) is 10.2. The van der Waals surface area contributed by atoms with Gasteiger partial charge in [0.05, 0.1) is 22.6 Å². The number of para-hydroxylation sites is 2. The molecule has 4 aromatic carbocycles. The van der Waals surface area contributed by atoms with Crippen LogP contribution in [0.1, 0.15) is 22.3 Å². The molecular weight excluding hydrogens is 587 g/mol. The van der Waals surface area contributed by atoms with Gasteiger partial charge in [-0.2, -0.15) is 0 Å². The largest absolute Gasteiger partial charge is 0.436 e. The first kappa shape index (κ1) is 28.9. The molecule has 1 aliphatic rings. The van der Waals surface area contributed by atoms with E-state index >= 15 is 0 Å². The number of primary sulfonamides is 1. The van der Waals surface area contributed by atoms with Crippen LogP contribution in [0.25, 0.3) is 22.6 Å². The number of sulfonamides is 1. The summed E-state index contributed by atoms with van der Waals surface area (Å²) < 4.78 is 43.7. The average molecular weight is 613 g/mol. The maximum atomic E-state index is 14.7. The van der Waals surface area contributed by atoms with Gasteiger partial charge in [-0.05, 0) is 72.6 Å². The fraction of sp³-hybridized carbons (Fsp3) is 0.125. The lowest BCUT2D eigenvalue weighted by Gasteiger charge is -2.28. The Morgan fingerprint density at radius 1 is 0.955 bits per heavy atom. The molecule has 44 heavy (non-hydrogen) atoms. The molecule has 1 atom stereocenters. The van der Waals surface area contributed by atoms with Gasteiger partial charge in [-0.1, -0.05) is 36.4 Å². The third kappa shape index (κ3) is 5.60. The van der Waals surface area contributed by atoms with E-state index < -0.39 is 39.6 Å². The molecule has 222 valence electrons. The molecule has 2 heterocycles.